The van der Waals surface area contributed by atoms with Crippen molar-refractivity contribution in [2.75, 3.05) is 38.6 Å². The predicted molar refractivity (Wildman–Crippen MR) is 65.7 cm³/mol. The van der Waals surface area contributed by atoms with Gasteiger partial charge in [-0.25, -0.2) is 0 Å². The number of amides is 1. The lowest BCUT2D eigenvalue weighted by molar-refractivity contribution is -0.127. The van der Waals surface area contributed by atoms with Crippen molar-refractivity contribution < 1.29 is 4.79 Å². The van der Waals surface area contributed by atoms with Gasteiger partial charge in [0, 0.05) is 25.4 Å². The number of likely N-dealkylation sites (tertiary alicyclic amines) is 2. The van der Waals surface area contributed by atoms with Crippen LogP contribution in [0.4, 0.5) is 0 Å². The largest absolute Gasteiger partial charge is 0.342 e. The van der Waals surface area contributed by atoms with Crippen LogP contribution in [0, 0.1) is 5.92 Å². The summed E-state index contributed by atoms with van der Waals surface area (Å²) in [7, 11) is 0. The van der Waals surface area contributed by atoms with E-state index in [9.17, 15) is 4.79 Å². The zero-order valence-corrected chi connectivity index (χ0v) is 10.6. The van der Waals surface area contributed by atoms with E-state index < -0.39 is 0 Å². The summed E-state index contributed by atoms with van der Waals surface area (Å²) in [6, 6.07) is 0. The second-order valence-corrected chi connectivity index (χ2v) is 5.28. The lowest BCUT2D eigenvalue weighted by Crippen LogP contribution is -2.30. The average molecular weight is 245 g/mol. The summed E-state index contributed by atoms with van der Waals surface area (Å²) in [5.74, 6) is 1.31. The van der Waals surface area contributed by atoms with Crippen LogP contribution in [0.25, 0.3) is 0 Å². The molecular weight excluding hydrogens is 224 g/mol. The number of hydrogen-bond donors (Lipinski definition) is 0. The molecule has 0 radical (unpaired) electrons. The van der Waals surface area contributed by atoms with E-state index in [-0.39, 0.29) is 0 Å². The summed E-state index contributed by atoms with van der Waals surface area (Å²) in [5.41, 5.74) is 0. The van der Waals surface area contributed by atoms with Gasteiger partial charge in [-0.2, -0.15) is 0 Å². The van der Waals surface area contributed by atoms with Crippen molar-refractivity contribution in [3.8, 4) is 0 Å². The second-order valence-electron chi connectivity index (χ2n) is 4.97. The Morgan fingerprint density at radius 3 is 2.62 bits per heavy atom. The zero-order valence-electron chi connectivity index (χ0n) is 9.83. The van der Waals surface area contributed by atoms with Crippen LogP contribution in [0.1, 0.15) is 25.7 Å². The summed E-state index contributed by atoms with van der Waals surface area (Å²) in [6.45, 7) is 5.44. The first-order valence-electron chi connectivity index (χ1n) is 6.35. The van der Waals surface area contributed by atoms with Gasteiger partial charge in [0.2, 0.25) is 5.91 Å². The maximum atomic E-state index is 11.6. The number of hydrogen-bond acceptors (Lipinski definition) is 2. The van der Waals surface area contributed by atoms with E-state index in [0.717, 1.165) is 26.1 Å². The second kappa shape index (κ2) is 5.87. The average Bonchev–Trinajstić information content (AvgIpc) is 2.89. The first kappa shape index (κ1) is 12.2. The van der Waals surface area contributed by atoms with Crippen molar-refractivity contribution in [1.82, 2.24) is 9.80 Å². The SMILES string of the molecule is O=C1CC(CCl)CN1CCCN1CCCC1. The van der Waals surface area contributed by atoms with Crippen LogP contribution >= 0.6 is 11.6 Å². The Balaban J connectivity index is 1.64. The first-order valence-corrected chi connectivity index (χ1v) is 6.89. The molecule has 92 valence electrons. The molecule has 0 aliphatic carbocycles. The lowest BCUT2D eigenvalue weighted by Gasteiger charge is -2.19. The van der Waals surface area contributed by atoms with Gasteiger partial charge in [0.05, 0.1) is 0 Å². The molecule has 0 aromatic heterocycles. The Hall–Kier alpha value is -0.280. The summed E-state index contributed by atoms with van der Waals surface area (Å²) in [4.78, 5) is 16.1. The van der Waals surface area contributed by atoms with Crippen LogP contribution in [0.5, 0.6) is 0 Å². The van der Waals surface area contributed by atoms with E-state index in [4.69, 9.17) is 11.6 Å². The van der Waals surface area contributed by atoms with Crippen molar-refractivity contribution in [3.63, 3.8) is 0 Å². The highest BCUT2D eigenvalue weighted by molar-refractivity contribution is 6.18. The molecule has 0 aromatic carbocycles. The Morgan fingerprint density at radius 1 is 1.25 bits per heavy atom. The van der Waals surface area contributed by atoms with E-state index in [0.29, 0.717) is 24.1 Å². The third-order valence-electron chi connectivity index (χ3n) is 3.61. The van der Waals surface area contributed by atoms with E-state index in [1.54, 1.807) is 0 Å². The highest BCUT2D eigenvalue weighted by atomic mass is 35.5. The first-order chi connectivity index (χ1) is 7.79. The highest BCUT2D eigenvalue weighted by Crippen LogP contribution is 2.19. The fourth-order valence-corrected chi connectivity index (χ4v) is 2.87. The van der Waals surface area contributed by atoms with Crippen molar-refractivity contribution in [1.29, 1.82) is 0 Å². The molecule has 0 spiro atoms. The van der Waals surface area contributed by atoms with Gasteiger partial charge < -0.3 is 9.80 Å². The molecule has 1 amide bonds. The van der Waals surface area contributed by atoms with Crippen LogP contribution < -0.4 is 0 Å². The van der Waals surface area contributed by atoms with Gasteiger partial charge in [-0.05, 0) is 44.8 Å². The van der Waals surface area contributed by atoms with Crippen molar-refractivity contribution in [3.05, 3.63) is 0 Å². The van der Waals surface area contributed by atoms with Gasteiger partial charge >= 0.3 is 0 Å². The maximum Gasteiger partial charge on any atom is 0.222 e. The van der Waals surface area contributed by atoms with Crippen LogP contribution in [-0.2, 0) is 4.79 Å². The molecule has 4 heteroatoms. The van der Waals surface area contributed by atoms with E-state index in [1.165, 1.54) is 25.9 Å². The lowest BCUT2D eigenvalue weighted by atomic mass is 10.1. The van der Waals surface area contributed by atoms with Crippen LogP contribution in [0.15, 0.2) is 0 Å². The number of carbonyl (C=O) groups is 1. The molecule has 3 nitrogen and oxygen atoms in total. The maximum absolute atomic E-state index is 11.6. The molecule has 2 rings (SSSR count). The fourth-order valence-electron chi connectivity index (χ4n) is 2.66. The molecule has 2 fully saturated rings. The number of rotatable bonds is 5. The molecule has 0 saturated carbocycles. The summed E-state index contributed by atoms with van der Waals surface area (Å²) in [5, 5.41) is 0. The van der Waals surface area contributed by atoms with Gasteiger partial charge in [-0.15, -0.1) is 11.6 Å². The van der Waals surface area contributed by atoms with Crippen molar-refractivity contribution in [2.45, 2.75) is 25.7 Å². The molecule has 1 unspecified atom stereocenters. The van der Waals surface area contributed by atoms with Crippen LogP contribution in [0.3, 0.4) is 0 Å². The Labute approximate surface area is 103 Å². The van der Waals surface area contributed by atoms with E-state index in [2.05, 4.69) is 4.90 Å². The smallest absolute Gasteiger partial charge is 0.222 e. The minimum Gasteiger partial charge on any atom is -0.342 e. The van der Waals surface area contributed by atoms with E-state index in [1.807, 2.05) is 4.90 Å². The van der Waals surface area contributed by atoms with Gasteiger partial charge in [0.25, 0.3) is 0 Å². The molecule has 1 atom stereocenters. The monoisotopic (exact) mass is 244 g/mol. The predicted octanol–water partition coefficient (Wildman–Crippen LogP) is 1.56. The molecule has 2 aliphatic rings. The van der Waals surface area contributed by atoms with Gasteiger partial charge in [-0.3, -0.25) is 4.79 Å². The minimum atomic E-state index is 0.298. The molecule has 2 heterocycles. The summed E-state index contributed by atoms with van der Waals surface area (Å²) >= 11 is 5.79. The molecule has 2 aliphatic heterocycles. The van der Waals surface area contributed by atoms with Crippen molar-refractivity contribution in [2.24, 2.45) is 5.92 Å². The van der Waals surface area contributed by atoms with Gasteiger partial charge in [0.15, 0.2) is 0 Å². The van der Waals surface area contributed by atoms with Crippen LogP contribution in [0.2, 0.25) is 0 Å². The zero-order chi connectivity index (χ0) is 11.4. The molecule has 0 aromatic rings. The number of halogens is 1. The molecule has 2 saturated heterocycles. The third-order valence-corrected chi connectivity index (χ3v) is 4.05. The molecule has 16 heavy (non-hydrogen) atoms. The minimum absolute atomic E-state index is 0.298. The topological polar surface area (TPSA) is 23.6 Å². The fraction of sp³-hybridized carbons (Fsp3) is 0.917. The number of carbonyl (C=O) groups excluding carboxylic acids is 1. The third kappa shape index (κ3) is 3.11. The number of alkyl halides is 1. The van der Waals surface area contributed by atoms with E-state index >= 15 is 0 Å². The van der Waals surface area contributed by atoms with Gasteiger partial charge in [-0.1, -0.05) is 0 Å². The van der Waals surface area contributed by atoms with Crippen molar-refractivity contribution >= 4 is 17.5 Å². The number of nitrogens with zero attached hydrogens (tertiary/aromatic N) is 2. The Morgan fingerprint density at radius 2 is 2.00 bits per heavy atom. The summed E-state index contributed by atoms with van der Waals surface area (Å²) < 4.78 is 0. The summed E-state index contributed by atoms with van der Waals surface area (Å²) in [6.07, 6.45) is 4.46. The Bertz CT molecular complexity index is 241. The standard InChI is InChI=1S/C12H21ClN2O/c13-9-11-8-12(16)15(10-11)7-3-6-14-4-1-2-5-14/h11H,1-10H2. The normalized spacial score (nSPS) is 26.9. The molecular formula is C12H21ClN2O. The molecule has 0 N–H and O–H groups in total. The molecule has 0 bridgehead atoms. The van der Waals surface area contributed by atoms with Gasteiger partial charge in [0.1, 0.15) is 0 Å². The van der Waals surface area contributed by atoms with Crippen LogP contribution in [-0.4, -0.2) is 54.3 Å². The quantitative estimate of drug-likeness (QED) is 0.686. The Kier molecular flexibility index (Phi) is 4.47. The highest BCUT2D eigenvalue weighted by Gasteiger charge is 2.28.